The molecule has 0 saturated heterocycles. The van der Waals surface area contributed by atoms with Gasteiger partial charge in [0.1, 0.15) is 25.3 Å². The molecule has 2 aromatic carbocycles. The predicted octanol–water partition coefficient (Wildman–Crippen LogP) is 5.69. The number of amides is 5. The van der Waals surface area contributed by atoms with Crippen molar-refractivity contribution in [2.75, 3.05) is 0 Å². The molecule has 0 spiro atoms. The third-order valence-electron chi connectivity index (χ3n) is 11.1. The number of hydrogen-bond donors (Lipinski definition) is 10. The molecule has 0 aliphatic rings. The summed E-state index contributed by atoms with van der Waals surface area (Å²) in [6.07, 6.45) is 0.350. The maximum Gasteiger partial charge on any atom is 0.475 e. The van der Waals surface area contributed by atoms with Crippen LogP contribution in [-0.2, 0) is 37.1 Å². The number of rotatable bonds is 29. The zero-order chi connectivity index (χ0) is 53.1. The average Bonchev–Trinajstić information content (AvgIpc) is 3.26. The zero-order valence-electron chi connectivity index (χ0n) is 43.9. The predicted molar refractivity (Wildman–Crippen MR) is 274 cm³/mol. The van der Waals surface area contributed by atoms with Crippen LogP contribution in [0.5, 0.6) is 0 Å². The Labute approximate surface area is 418 Å². The molecule has 5 amide bonds. The number of benzene rings is 2. The van der Waals surface area contributed by atoms with Crippen LogP contribution < -0.4 is 26.6 Å². The molecule has 0 heterocycles. The molecule has 394 valence electrons. The maximum atomic E-state index is 13.1. The quantitative estimate of drug-likeness (QED) is 0.0441. The third-order valence-corrected chi connectivity index (χ3v) is 11.1. The highest BCUT2D eigenvalue weighted by atomic mass is 16.6. The van der Waals surface area contributed by atoms with Crippen molar-refractivity contribution in [3.8, 4) is 0 Å². The first-order chi connectivity index (χ1) is 32.8. The topological polar surface area (TPSA) is 265 Å². The van der Waals surface area contributed by atoms with Crippen LogP contribution in [-0.4, -0.2) is 105 Å². The Kier molecular flexibility index (Phi) is 30.6. The number of hydrogen-bond acceptors (Lipinski definition) is 12. The molecule has 0 saturated carbocycles. The van der Waals surface area contributed by atoms with E-state index in [1.807, 2.05) is 144 Å². The van der Waals surface area contributed by atoms with E-state index < -0.39 is 80.3 Å². The van der Waals surface area contributed by atoms with Gasteiger partial charge in [0.2, 0.25) is 17.7 Å². The van der Waals surface area contributed by atoms with Gasteiger partial charge >= 0.3 is 26.4 Å². The fourth-order valence-corrected chi connectivity index (χ4v) is 7.77. The van der Waals surface area contributed by atoms with Crippen molar-refractivity contribution in [2.45, 2.75) is 177 Å². The van der Waals surface area contributed by atoms with Gasteiger partial charge in [0.05, 0.1) is 24.0 Å². The minimum Gasteiger partial charge on any atom is -0.445 e. The Balaban J connectivity index is 0.000000700. The van der Waals surface area contributed by atoms with Crippen molar-refractivity contribution in [3.05, 3.63) is 71.8 Å². The summed E-state index contributed by atoms with van der Waals surface area (Å²) < 4.78 is 10.6. The average molecular weight is 984 g/mol. The summed E-state index contributed by atoms with van der Waals surface area (Å²) in [7, 11) is -3.38. The van der Waals surface area contributed by atoms with E-state index in [9.17, 15) is 49.2 Å². The molecular weight excluding hydrogens is 896 g/mol. The standard InChI is InChI=1S/C26H45BN2O6.C25H42BN3O6/c1-17(2)12-21(25(31)29-24(27(33)34)14-19(5)6)15-23(30)22(13-18(3)4)28-26(32)35-16-20-10-8-7-9-11-20;1-16(2)12-20(24(31)29-22(26(33)34)14-18(5)6)27-23(30)21(13-17(3)4)28-25(32)35-15-19-10-8-7-9-11-19/h7-11,17-19,21-24,30,33-34H,12-16H2,1-6H3,(H,28,32)(H,29,31);7-11,16-18,20-22,33-34H,12-15H2,1-6H3,(H,27,30)(H,28,32)(H,29,31)/t21?,22-,23?,24-;20?,21-,22-/m00/s1. The summed E-state index contributed by atoms with van der Waals surface area (Å²) >= 11 is 0. The van der Waals surface area contributed by atoms with Gasteiger partial charge < -0.3 is 61.3 Å². The molecule has 19 heteroatoms. The van der Waals surface area contributed by atoms with Crippen LogP contribution in [0.25, 0.3) is 0 Å². The summed E-state index contributed by atoms with van der Waals surface area (Å²) in [5.74, 6) is -2.66. The summed E-state index contributed by atoms with van der Waals surface area (Å²) in [6.45, 7) is 23.6. The van der Waals surface area contributed by atoms with Crippen molar-refractivity contribution in [2.24, 2.45) is 41.4 Å². The second-order valence-corrected chi connectivity index (χ2v) is 21.0. The lowest BCUT2D eigenvalue weighted by Crippen LogP contribution is -2.57. The van der Waals surface area contributed by atoms with Gasteiger partial charge in [0.15, 0.2) is 0 Å². The third kappa shape index (κ3) is 28.2. The van der Waals surface area contributed by atoms with Gasteiger partial charge in [-0.1, -0.05) is 144 Å². The monoisotopic (exact) mass is 984 g/mol. The van der Waals surface area contributed by atoms with E-state index in [0.717, 1.165) is 11.1 Å². The molecule has 0 aromatic heterocycles. The van der Waals surface area contributed by atoms with Crippen molar-refractivity contribution in [1.82, 2.24) is 26.6 Å². The molecule has 3 unspecified atom stereocenters. The molecular formula is C51H87B2N5O12. The molecule has 0 bridgehead atoms. The molecule has 70 heavy (non-hydrogen) atoms. The summed E-state index contributed by atoms with van der Waals surface area (Å²) in [6, 6.07) is 16.2. The molecule has 10 N–H and O–H groups in total. The minimum absolute atomic E-state index is 0.0712. The van der Waals surface area contributed by atoms with Crippen molar-refractivity contribution >= 4 is 44.1 Å². The minimum atomic E-state index is -1.72. The van der Waals surface area contributed by atoms with E-state index in [0.29, 0.717) is 38.5 Å². The molecule has 0 fully saturated rings. The van der Waals surface area contributed by atoms with Gasteiger partial charge in [-0.2, -0.15) is 0 Å². The Morgan fingerprint density at radius 3 is 1.19 bits per heavy atom. The van der Waals surface area contributed by atoms with Gasteiger partial charge in [-0.3, -0.25) is 14.4 Å². The first-order valence-electron chi connectivity index (χ1n) is 25.0. The largest absolute Gasteiger partial charge is 0.475 e. The molecule has 0 aliphatic heterocycles. The van der Waals surface area contributed by atoms with Crippen LogP contribution in [0.1, 0.15) is 139 Å². The SMILES string of the molecule is CC(C)CC(CC(O)[C@H](CC(C)C)NC(=O)OCc1ccccc1)C(=O)N[C@@H](CC(C)C)B(O)O.CC(C)CC(NC(=O)[C@H](CC(C)C)NC(=O)OCc1ccccc1)C(=O)N[C@@H](CC(C)C)B(O)O. The number of aliphatic hydroxyl groups excluding tert-OH is 1. The highest BCUT2D eigenvalue weighted by molar-refractivity contribution is 6.44. The van der Waals surface area contributed by atoms with Gasteiger partial charge in [-0.25, -0.2) is 9.59 Å². The van der Waals surface area contributed by atoms with Crippen LogP contribution >= 0.6 is 0 Å². The highest BCUT2D eigenvalue weighted by Crippen LogP contribution is 2.23. The Morgan fingerprint density at radius 2 is 0.800 bits per heavy atom. The van der Waals surface area contributed by atoms with Crippen LogP contribution in [0, 0.1) is 41.4 Å². The first-order valence-corrected chi connectivity index (χ1v) is 25.0. The number of carbonyl (C=O) groups excluding carboxylic acids is 5. The fraction of sp³-hybridized carbons (Fsp3) is 0.667. The van der Waals surface area contributed by atoms with Crippen LogP contribution in [0.4, 0.5) is 9.59 Å². The van der Waals surface area contributed by atoms with Crippen molar-refractivity contribution in [1.29, 1.82) is 0 Å². The summed E-state index contributed by atoms with van der Waals surface area (Å²) in [5.41, 5.74) is 1.68. The van der Waals surface area contributed by atoms with E-state index in [1.54, 1.807) is 0 Å². The Morgan fingerprint density at radius 1 is 0.443 bits per heavy atom. The van der Waals surface area contributed by atoms with Crippen LogP contribution in [0.15, 0.2) is 60.7 Å². The highest BCUT2D eigenvalue weighted by Gasteiger charge is 2.34. The lowest BCUT2D eigenvalue weighted by molar-refractivity contribution is -0.130. The van der Waals surface area contributed by atoms with Gasteiger partial charge in [0, 0.05) is 5.92 Å². The van der Waals surface area contributed by atoms with Gasteiger partial charge in [-0.15, -0.1) is 0 Å². The van der Waals surface area contributed by atoms with E-state index in [4.69, 9.17) is 9.47 Å². The number of alkyl carbamates (subject to hydrolysis) is 2. The van der Waals surface area contributed by atoms with E-state index >= 15 is 0 Å². The second kappa shape index (κ2) is 33.8. The smallest absolute Gasteiger partial charge is 0.445 e. The van der Waals surface area contributed by atoms with Crippen LogP contribution in [0.3, 0.4) is 0 Å². The number of nitrogens with one attached hydrogen (secondary N) is 5. The Hall–Kier alpha value is -4.68. The van der Waals surface area contributed by atoms with Gasteiger partial charge in [-0.05, 0) is 91.6 Å². The molecule has 0 radical (unpaired) electrons. The van der Waals surface area contributed by atoms with Gasteiger partial charge in [0.25, 0.3) is 0 Å². The zero-order valence-corrected chi connectivity index (χ0v) is 43.9. The van der Waals surface area contributed by atoms with Crippen molar-refractivity contribution < 1.29 is 58.6 Å². The molecule has 0 aliphatic carbocycles. The fourth-order valence-electron chi connectivity index (χ4n) is 7.77. The number of ether oxygens (including phenoxy) is 2. The molecule has 2 aromatic rings. The normalized spacial score (nSPS) is 14.4. The van der Waals surface area contributed by atoms with Crippen molar-refractivity contribution in [3.63, 3.8) is 0 Å². The summed E-state index contributed by atoms with van der Waals surface area (Å²) in [4.78, 5) is 64.0. The van der Waals surface area contributed by atoms with E-state index in [2.05, 4.69) is 26.6 Å². The maximum absolute atomic E-state index is 13.1. The van der Waals surface area contributed by atoms with E-state index in [1.165, 1.54) is 0 Å². The molecule has 7 atom stereocenters. The summed E-state index contributed by atoms with van der Waals surface area (Å²) in [5, 5.41) is 63.4. The molecule has 17 nitrogen and oxygen atoms in total. The second-order valence-electron chi connectivity index (χ2n) is 21.0. The van der Waals surface area contributed by atoms with E-state index in [-0.39, 0.29) is 61.0 Å². The van der Waals surface area contributed by atoms with Crippen LogP contribution in [0.2, 0.25) is 0 Å². The Bertz CT molecular complexity index is 1790. The first kappa shape index (κ1) is 63.3. The lowest BCUT2D eigenvalue weighted by atomic mass is 9.74. The number of aliphatic hydroxyl groups is 1. The molecule has 2 rings (SSSR count). The lowest BCUT2D eigenvalue weighted by Gasteiger charge is -2.30. The number of carbonyl (C=O) groups is 5.